The monoisotopic (exact) mass is 303 g/mol. The van der Waals surface area contributed by atoms with Crippen molar-refractivity contribution in [3.8, 4) is 0 Å². The van der Waals surface area contributed by atoms with Crippen molar-refractivity contribution in [2.75, 3.05) is 19.7 Å². The van der Waals surface area contributed by atoms with E-state index in [4.69, 9.17) is 0 Å². The van der Waals surface area contributed by atoms with E-state index in [-0.39, 0.29) is 6.61 Å². The van der Waals surface area contributed by atoms with Crippen molar-refractivity contribution >= 4 is 0 Å². The quantitative estimate of drug-likeness (QED) is 0.780. The lowest BCUT2D eigenvalue weighted by Gasteiger charge is -2.15. The number of hydrogen-bond donors (Lipinski definition) is 1. The summed E-state index contributed by atoms with van der Waals surface area (Å²) in [7, 11) is 0. The molecule has 1 unspecified atom stereocenters. The molecule has 1 rings (SSSR count). The van der Waals surface area contributed by atoms with Gasteiger partial charge in [0, 0.05) is 6.54 Å². The van der Waals surface area contributed by atoms with Gasteiger partial charge in [-0.15, -0.1) is 0 Å². The summed E-state index contributed by atoms with van der Waals surface area (Å²) in [6, 6.07) is 7.55. The standard InChI is InChI=1S/C16H24F3NO/c1-12(2)8-20-9-13(3)15-6-4-14(5-7-15)10-21-11-16(17,18)19/h4-7,12-13,20H,8-11H2,1-3H3. The van der Waals surface area contributed by atoms with Gasteiger partial charge in [0.15, 0.2) is 0 Å². The number of nitrogens with one attached hydrogen (secondary N) is 1. The largest absolute Gasteiger partial charge is 0.411 e. The lowest BCUT2D eigenvalue weighted by Crippen LogP contribution is -2.24. The molecule has 0 aliphatic rings. The van der Waals surface area contributed by atoms with Crippen LogP contribution in [0.3, 0.4) is 0 Å². The Balaban J connectivity index is 2.39. The van der Waals surface area contributed by atoms with Crippen molar-refractivity contribution in [2.24, 2.45) is 5.92 Å². The fourth-order valence-corrected chi connectivity index (χ4v) is 1.93. The van der Waals surface area contributed by atoms with Gasteiger partial charge in [-0.25, -0.2) is 0 Å². The molecule has 5 heteroatoms. The van der Waals surface area contributed by atoms with Crippen LogP contribution in [-0.4, -0.2) is 25.9 Å². The van der Waals surface area contributed by atoms with Gasteiger partial charge in [-0.2, -0.15) is 13.2 Å². The molecule has 0 aromatic heterocycles. The zero-order chi connectivity index (χ0) is 15.9. The summed E-state index contributed by atoms with van der Waals surface area (Å²) < 4.78 is 40.6. The number of halogens is 3. The maximum absolute atomic E-state index is 12.0. The summed E-state index contributed by atoms with van der Waals surface area (Å²) in [5, 5.41) is 3.40. The Morgan fingerprint density at radius 2 is 1.67 bits per heavy atom. The predicted octanol–water partition coefficient (Wildman–Crippen LogP) is 4.11. The molecule has 1 aromatic carbocycles. The third-order valence-corrected chi connectivity index (χ3v) is 3.09. The van der Waals surface area contributed by atoms with E-state index in [0.29, 0.717) is 11.8 Å². The van der Waals surface area contributed by atoms with Gasteiger partial charge in [0.25, 0.3) is 0 Å². The lowest BCUT2D eigenvalue weighted by atomic mass is 10.00. The van der Waals surface area contributed by atoms with E-state index in [9.17, 15) is 13.2 Å². The highest BCUT2D eigenvalue weighted by Gasteiger charge is 2.27. The van der Waals surface area contributed by atoms with Crippen LogP contribution in [0.4, 0.5) is 13.2 Å². The number of alkyl halides is 3. The smallest absolute Gasteiger partial charge is 0.367 e. The Morgan fingerprint density at radius 3 is 2.19 bits per heavy atom. The normalized spacial score (nSPS) is 13.7. The molecule has 2 nitrogen and oxygen atoms in total. The summed E-state index contributed by atoms with van der Waals surface area (Å²) in [5.74, 6) is 0.985. The first-order valence-corrected chi connectivity index (χ1v) is 7.22. The van der Waals surface area contributed by atoms with Gasteiger partial charge in [-0.3, -0.25) is 0 Å². The van der Waals surface area contributed by atoms with Crippen molar-refractivity contribution in [3.63, 3.8) is 0 Å². The van der Waals surface area contributed by atoms with Gasteiger partial charge >= 0.3 is 6.18 Å². The van der Waals surface area contributed by atoms with Crippen LogP contribution in [0.1, 0.15) is 37.8 Å². The highest BCUT2D eigenvalue weighted by Crippen LogP contribution is 2.18. The highest BCUT2D eigenvalue weighted by atomic mass is 19.4. The van der Waals surface area contributed by atoms with Crippen LogP contribution in [0.15, 0.2) is 24.3 Å². The molecule has 0 heterocycles. The maximum atomic E-state index is 12.0. The first-order chi connectivity index (χ1) is 9.78. The molecule has 0 fully saturated rings. The van der Waals surface area contributed by atoms with E-state index in [0.717, 1.165) is 18.7 Å². The molecule has 1 atom stereocenters. The molecule has 0 aliphatic carbocycles. The molecular weight excluding hydrogens is 279 g/mol. The van der Waals surface area contributed by atoms with Crippen LogP contribution in [0, 0.1) is 5.92 Å². The second-order valence-corrected chi connectivity index (χ2v) is 5.80. The number of benzene rings is 1. The first kappa shape index (κ1) is 18.0. The van der Waals surface area contributed by atoms with E-state index >= 15 is 0 Å². The van der Waals surface area contributed by atoms with E-state index in [1.165, 1.54) is 5.56 Å². The van der Waals surface area contributed by atoms with Crippen LogP contribution >= 0.6 is 0 Å². The van der Waals surface area contributed by atoms with Gasteiger partial charge in [-0.1, -0.05) is 45.0 Å². The Hall–Kier alpha value is -1.07. The van der Waals surface area contributed by atoms with E-state index in [2.05, 4.69) is 30.8 Å². The summed E-state index contributed by atoms with van der Waals surface area (Å²) in [6.07, 6.45) is -4.27. The SMILES string of the molecule is CC(C)CNCC(C)c1ccc(COCC(F)(F)F)cc1. The van der Waals surface area contributed by atoms with Crippen LogP contribution in [0.25, 0.3) is 0 Å². The van der Waals surface area contributed by atoms with Crippen molar-refractivity contribution < 1.29 is 17.9 Å². The van der Waals surface area contributed by atoms with Crippen molar-refractivity contribution in [3.05, 3.63) is 35.4 Å². The van der Waals surface area contributed by atoms with Gasteiger partial charge in [0.1, 0.15) is 6.61 Å². The lowest BCUT2D eigenvalue weighted by molar-refractivity contribution is -0.176. The fraction of sp³-hybridized carbons (Fsp3) is 0.625. The van der Waals surface area contributed by atoms with Gasteiger partial charge < -0.3 is 10.1 Å². The van der Waals surface area contributed by atoms with E-state index in [1.807, 2.05) is 24.3 Å². The molecule has 1 aromatic rings. The topological polar surface area (TPSA) is 21.3 Å². The maximum Gasteiger partial charge on any atom is 0.411 e. The Labute approximate surface area is 124 Å². The molecule has 0 amide bonds. The number of hydrogen-bond acceptors (Lipinski definition) is 2. The second-order valence-electron chi connectivity index (χ2n) is 5.80. The second kappa shape index (κ2) is 8.39. The first-order valence-electron chi connectivity index (χ1n) is 7.22. The fourth-order valence-electron chi connectivity index (χ4n) is 1.93. The van der Waals surface area contributed by atoms with Crippen LogP contribution < -0.4 is 5.32 Å². The summed E-state index contributed by atoms with van der Waals surface area (Å²) in [5.41, 5.74) is 1.93. The molecule has 0 aliphatic heterocycles. The Morgan fingerprint density at radius 1 is 1.05 bits per heavy atom. The molecule has 120 valence electrons. The number of ether oxygens (including phenoxy) is 1. The van der Waals surface area contributed by atoms with Gasteiger partial charge in [0.2, 0.25) is 0 Å². The molecular formula is C16H24F3NO. The van der Waals surface area contributed by atoms with E-state index in [1.54, 1.807) is 0 Å². The molecule has 1 N–H and O–H groups in total. The molecule has 0 bridgehead atoms. The van der Waals surface area contributed by atoms with Crippen LogP contribution in [0.5, 0.6) is 0 Å². The van der Waals surface area contributed by atoms with Crippen LogP contribution in [0.2, 0.25) is 0 Å². The minimum atomic E-state index is -4.27. The molecule has 0 saturated heterocycles. The van der Waals surface area contributed by atoms with Crippen LogP contribution in [-0.2, 0) is 11.3 Å². The minimum absolute atomic E-state index is 0.0141. The third kappa shape index (κ3) is 8.07. The summed E-state index contributed by atoms with van der Waals surface area (Å²) >= 11 is 0. The molecule has 21 heavy (non-hydrogen) atoms. The van der Waals surface area contributed by atoms with Gasteiger partial charge in [0.05, 0.1) is 6.61 Å². The van der Waals surface area contributed by atoms with Crippen molar-refractivity contribution in [1.82, 2.24) is 5.32 Å². The zero-order valence-electron chi connectivity index (χ0n) is 12.8. The third-order valence-electron chi connectivity index (χ3n) is 3.09. The average molecular weight is 303 g/mol. The van der Waals surface area contributed by atoms with Crippen molar-refractivity contribution in [1.29, 1.82) is 0 Å². The summed E-state index contributed by atoms with van der Waals surface area (Å²) in [4.78, 5) is 0. The Kier molecular flexibility index (Phi) is 7.18. The van der Waals surface area contributed by atoms with E-state index < -0.39 is 12.8 Å². The number of rotatable bonds is 8. The zero-order valence-corrected chi connectivity index (χ0v) is 12.8. The Bertz CT molecular complexity index is 401. The summed E-state index contributed by atoms with van der Waals surface area (Å²) in [6.45, 7) is 7.10. The molecule has 0 spiro atoms. The highest BCUT2D eigenvalue weighted by molar-refractivity contribution is 5.24. The molecule has 0 saturated carbocycles. The molecule has 0 radical (unpaired) electrons. The van der Waals surface area contributed by atoms with Gasteiger partial charge in [-0.05, 0) is 29.5 Å². The van der Waals surface area contributed by atoms with Crippen molar-refractivity contribution in [2.45, 2.75) is 39.5 Å². The predicted molar refractivity (Wildman–Crippen MR) is 78.3 cm³/mol. The minimum Gasteiger partial charge on any atom is -0.367 e. The average Bonchev–Trinajstić information content (AvgIpc) is 2.37.